The Labute approximate surface area is 146 Å². The van der Waals surface area contributed by atoms with Crippen LogP contribution in [0.1, 0.15) is 37.3 Å². The Bertz CT molecular complexity index is 745. The van der Waals surface area contributed by atoms with Crippen LogP contribution in [0.3, 0.4) is 0 Å². The average Bonchev–Trinajstić information content (AvgIpc) is 3.37. The lowest BCUT2D eigenvalue weighted by Crippen LogP contribution is -2.41. The van der Waals surface area contributed by atoms with Crippen molar-refractivity contribution in [3.05, 3.63) is 35.9 Å². The van der Waals surface area contributed by atoms with Crippen molar-refractivity contribution in [3.8, 4) is 0 Å². The van der Waals surface area contributed by atoms with E-state index in [-0.39, 0.29) is 42.1 Å². The fourth-order valence-corrected chi connectivity index (χ4v) is 5.90. The second kappa shape index (κ2) is 5.41. The molecule has 1 saturated heterocycles. The maximum Gasteiger partial charge on any atom is 0.417 e. The first kappa shape index (κ1) is 15.1. The lowest BCUT2D eigenvalue weighted by molar-refractivity contribution is -0.135. The second-order valence-corrected chi connectivity index (χ2v) is 7.92. The van der Waals surface area contributed by atoms with Crippen molar-refractivity contribution < 1.29 is 19.1 Å². The minimum atomic E-state index is -0.571. The number of hydrogen-bond acceptors (Lipinski definition) is 4. The molecule has 1 aromatic carbocycles. The Morgan fingerprint density at radius 1 is 1.08 bits per heavy atom. The van der Waals surface area contributed by atoms with Crippen molar-refractivity contribution in [2.75, 3.05) is 6.61 Å². The molecule has 2 amide bonds. The monoisotopic (exact) mass is 339 g/mol. The number of ether oxygens (including phenoxy) is 1. The van der Waals surface area contributed by atoms with Crippen molar-refractivity contribution >= 4 is 17.8 Å². The molecule has 6 atom stereocenters. The molecule has 0 aromatic heterocycles. The van der Waals surface area contributed by atoms with E-state index >= 15 is 0 Å². The fourth-order valence-electron chi connectivity index (χ4n) is 5.90. The smallest absolute Gasteiger partial charge is 0.417 e. The van der Waals surface area contributed by atoms with Crippen molar-refractivity contribution in [2.24, 2.45) is 29.6 Å². The number of ketones is 1. The predicted octanol–water partition coefficient (Wildman–Crippen LogP) is 2.96. The molecule has 4 aliphatic rings. The summed E-state index contributed by atoms with van der Waals surface area (Å²) in [5.74, 6) is 0.832. The minimum Gasteiger partial charge on any atom is -0.446 e. The molecule has 1 aromatic rings. The van der Waals surface area contributed by atoms with Gasteiger partial charge >= 0.3 is 6.09 Å². The molecular formula is C20H21NO4. The second-order valence-electron chi connectivity index (χ2n) is 7.92. The highest BCUT2D eigenvalue weighted by Crippen LogP contribution is 2.59. The van der Waals surface area contributed by atoms with Crippen LogP contribution in [0.25, 0.3) is 0 Å². The number of rotatable bonds is 2. The summed E-state index contributed by atoms with van der Waals surface area (Å²) in [6.45, 7) is 0.190. The molecule has 2 bridgehead atoms. The molecule has 25 heavy (non-hydrogen) atoms. The molecule has 3 saturated carbocycles. The third-order valence-corrected chi connectivity index (χ3v) is 6.85. The first-order valence-electron chi connectivity index (χ1n) is 9.22. The number of cyclic esters (lactones) is 1. The summed E-state index contributed by atoms with van der Waals surface area (Å²) < 4.78 is 5.19. The molecule has 5 heteroatoms. The van der Waals surface area contributed by atoms with Gasteiger partial charge in [-0.1, -0.05) is 30.3 Å². The van der Waals surface area contributed by atoms with Gasteiger partial charge in [0, 0.05) is 18.3 Å². The van der Waals surface area contributed by atoms with Gasteiger partial charge in [-0.25, -0.2) is 9.69 Å². The third-order valence-electron chi connectivity index (χ3n) is 6.85. The molecule has 130 valence electrons. The van der Waals surface area contributed by atoms with E-state index in [1.165, 1.54) is 4.90 Å². The number of Topliss-reactive ketones (excluding diaryl/α,β-unsaturated/α-hetero) is 1. The Kier molecular flexibility index (Phi) is 3.27. The number of carbonyl (C=O) groups is 3. The van der Waals surface area contributed by atoms with Crippen LogP contribution in [-0.4, -0.2) is 29.3 Å². The lowest BCUT2D eigenvalue weighted by atomic mass is 9.77. The zero-order valence-electron chi connectivity index (χ0n) is 14.0. The molecule has 5 nitrogen and oxygen atoms in total. The molecule has 0 radical (unpaired) electrons. The first-order valence-corrected chi connectivity index (χ1v) is 9.22. The summed E-state index contributed by atoms with van der Waals surface area (Å²) in [4.78, 5) is 39.4. The van der Waals surface area contributed by atoms with Gasteiger partial charge in [-0.15, -0.1) is 0 Å². The number of nitrogens with zero attached hydrogens (tertiary/aromatic N) is 1. The van der Waals surface area contributed by atoms with Crippen molar-refractivity contribution in [1.82, 2.24) is 4.90 Å². The van der Waals surface area contributed by atoms with Crippen LogP contribution >= 0.6 is 0 Å². The number of hydrogen-bond donors (Lipinski definition) is 0. The van der Waals surface area contributed by atoms with Crippen molar-refractivity contribution in [2.45, 2.75) is 31.7 Å². The summed E-state index contributed by atoms with van der Waals surface area (Å²) in [5, 5.41) is 0. The van der Waals surface area contributed by atoms with Gasteiger partial charge in [0.15, 0.2) is 0 Å². The summed E-state index contributed by atoms with van der Waals surface area (Å²) in [5.41, 5.74) is 0.899. The lowest BCUT2D eigenvalue weighted by Gasteiger charge is -2.30. The van der Waals surface area contributed by atoms with Crippen LogP contribution in [0.5, 0.6) is 0 Å². The van der Waals surface area contributed by atoms with Crippen LogP contribution in [0.4, 0.5) is 4.79 Å². The summed E-state index contributed by atoms with van der Waals surface area (Å²) in [6, 6.07) is 9.13. The molecule has 3 aliphatic carbocycles. The molecule has 1 heterocycles. The van der Waals surface area contributed by atoms with Crippen LogP contribution in [0.2, 0.25) is 0 Å². The molecule has 4 fully saturated rings. The van der Waals surface area contributed by atoms with Gasteiger partial charge in [0.25, 0.3) is 0 Å². The van der Waals surface area contributed by atoms with E-state index in [1.807, 2.05) is 30.3 Å². The van der Waals surface area contributed by atoms with E-state index in [2.05, 4.69) is 0 Å². The maximum atomic E-state index is 13.3. The standard InChI is InChI=1S/C20H21NO4/c22-16-9-14(17-12-6-7-13(8-12)18(16)17)19(23)21-15(10-25-20(21)24)11-4-2-1-3-5-11/h1-5,12-15,17-18H,6-10H2/t12-,13+,14+,15-,17-,18+/m1/s1. The number of benzene rings is 1. The Morgan fingerprint density at radius 2 is 1.84 bits per heavy atom. The number of fused-ring (bicyclic) bond motifs is 5. The number of amides is 2. The number of imide groups is 1. The predicted molar refractivity (Wildman–Crippen MR) is 88.3 cm³/mol. The number of carbonyl (C=O) groups excluding carboxylic acids is 3. The topological polar surface area (TPSA) is 63.7 Å². The Balaban J connectivity index is 1.45. The molecule has 1 aliphatic heterocycles. The highest BCUT2D eigenvalue weighted by molar-refractivity contribution is 5.99. The maximum absolute atomic E-state index is 13.3. The SMILES string of the molecule is O=C1C[C@H](C(=O)N2C(=O)OC[C@@H]2c2ccccc2)[C@H]2[C@@H]3CC[C@@H](C3)[C@@H]12. The summed E-state index contributed by atoms with van der Waals surface area (Å²) in [7, 11) is 0. The Hall–Kier alpha value is -2.17. The van der Waals surface area contributed by atoms with Gasteiger partial charge in [-0.05, 0) is 42.6 Å². The minimum absolute atomic E-state index is 0.0569. The third kappa shape index (κ3) is 2.11. The van der Waals surface area contributed by atoms with E-state index in [1.54, 1.807) is 0 Å². The van der Waals surface area contributed by atoms with Gasteiger partial charge < -0.3 is 4.74 Å². The average molecular weight is 339 g/mol. The molecule has 5 rings (SSSR count). The quantitative estimate of drug-likeness (QED) is 0.831. The van der Waals surface area contributed by atoms with Gasteiger partial charge in [0.05, 0.1) is 0 Å². The van der Waals surface area contributed by atoms with Crippen LogP contribution in [-0.2, 0) is 14.3 Å². The van der Waals surface area contributed by atoms with Crippen LogP contribution < -0.4 is 0 Å². The fraction of sp³-hybridized carbons (Fsp3) is 0.550. The zero-order valence-corrected chi connectivity index (χ0v) is 14.0. The van der Waals surface area contributed by atoms with Crippen LogP contribution in [0, 0.1) is 29.6 Å². The van der Waals surface area contributed by atoms with E-state index in [4.69, 9.17) is 4.74 Å². The molecule has 0 unspecified atom stereocenters. The van der Waals surface area contributed by atoms with Gasteiger partial charge in [-0.2, -0.15) is 0 Å². The van der Waals surface area contributed by atoms with E-state index < -0.39 is 6.09 Å². The highest BCUT2D eigenvalue weighted by Gasteiger charge is 2.60. The first-order chi connectivity index (χ1) is 12.1. The van der Waals surface area contributed by atoms with E-state index in [9.17, 15) is 14.4 Å². The van der Waals surface area contributed by atoms with Crippen molar-refractivity contribution in [3.63, 3.8) is 0 Å². The summed E-state index contributed by atoms with van der Waals surface area (Å²) >= 11 is 0. The van der Waals surface area contributed by atoms with E-state index in [0.717, 1.165) is 24.8 Å². The highest BCUT2D eigenvalue weighted by atomic mass is 16.6. The molecule has 0 spiro atoms. The normalized spacial score (nSPS) is 39.0. The van der Waals surface area contributed by atoms with Gasteiger partial charge in [0.1, 0.15) is 18.4 Å². The van der Waals surface area contributed by atoms with Gasteiger partial charge in [-0.3, -0.25) is 9.59 Å². The van der Waals surface area contributed by atoms with Crippen LogP contribution in [0.15, 0.2) is 30.3 Å². The summed E-state index contributed by atoms with van der Waals surface area (Å²) in [6.07, 6.45) is 3.05. The Morgan fingerprint density at radius 3 is 2.64 bits per heavy atom. The largest absolute Gasteiger partial charge is 0.446 e. The molecular weight excluding hydrogens is 318 g/mol. The molecule has 0 N–H and O–H groups in total. The zero-order chi connectivity index (χ0) is 17.1. The van der Waals surface area contributed by atoms with E-state index in [0.29, 0.717) is 18.3 Å². The van der Waals surface area contributed by atoms with Gasteiger partial charge in [0.2, 0.25) is 5.91 Å². The van der Waals surface area contributed by atoms with Crippen molar-refractivity contribution in [1.29, 1.82) is 0 Å².